The molecule has 0 saturated heterocycles. The van der Waals surface area contributed by atoms with Crippen molar-refractivity contribution in [3.63, 3.8) is 0 Å². The number of nitrogens with one attached hydrogen (secondary N) is 1. The number of esters is 1. The molecule has 0 aromatic rings. The normalized spacial score (nSPS) is 14.5. The zero-order valence-electron chi connectivity index (χ0n) is 8.59. The highest BCUT2D eigenvalue weighted by Crippen LogP contribution is 2.10. The molecule has 0 spiro atoms. The number of amides is 1. The molecule has 0 radical (unpaired) electrons. The number of hydrogen-bond acceptors (Lipinski definition) is 3. The van der Waals surface area contributed by atoms with Gasteiger partial charge < -0.3 is 10.1 Å². The van der Waals surface area contributed by atoms with Crippen LogP contribution < -0.4 is 5.32 Å². The lowest BCUT2D eigenvalue weighted by atomic mass is 9.98. The summed E-state index contributed by atoms with van der Waals surface area (Å²) < 4.78 is 4.62. The third-order valence-electron chi connectivity index (χ3n) is 1.98. The van der Waals surface area contributed by atoms with Gasteiger partial charge in [0.15, 0.2) is 0 Å². The van der Waals surface area contributed by atoms with E-state index in [1.807, 2.05) is 6.92 Å². The number of ether oxygens (including phenoxy) is 1. The van der Waals surface area contributed by atoms with Gasteiger partial charge in [0.25, 0.3) is 0 Å². The summed E-state index contributed by atoms with van der Waals surface area (Å²) in [7, 11) is 1.35. The van der Waals surface area contributed by atoms with Crippen molar-refractivity contribution in [2.24, 2.45) is 5.92 Å². The maximum atomic E-state index is 11.2. The Morgan fingerprint density at radius 2 is 2.00 bits per heavy atom. The minimum atomic E-state index is -0.274. The van der Waals surface area contributed by atoms with Gasteiger partial charge in [-0.15, -0.1) is 0 Å². The Morgan fingerprint density at radius 3 is 2.31 bits per heavy atom. The van der Waals surface area contributed by atoms with E-state index >= 15 is 0 Å². The van der Waals surface area contributed by atoms with Crippen LogP contribution in [0.2, 0.25) is 0 Å². The Balaban J connectivity index is 4.22. The third kappa shape index (κ3) is 3.92. The van der Waals surface area contributed by atoms with Crippen molar-refractivity contribution in [2.75, 3.05) is 7.11 Å². The fourth-order valence-electron chi connectivity index (χ4n) is 1.30. The molecule has 0 heterocycles. The Labute approximate surface area is 78.6 Å². The molecule has 0 aromatic carbocycles. The zero-order chi connectivity index (χ0) is 10.4. The van der Waals surface area contributed by atoms with Gasteiger partial charge in [-0.25, -0.2) is 0 Å². The van der Waals surface area contributed by atoms with E-state index in [0.717, 1.165) is 0 Å². The topological polar surface area (TPSA) is 55.4 Å². The minimum Gasteiger partial charge on any atom is -0.469 e. The van der Waals surface area contributed by atoms with Crippen LogP contribution in [0, 0.1) is 5.92 Å². The van der Waals surface area contributed by atoms with Crippen LogP contribution in [0.4, 0.5) is 0 Å². The average molecular weight is 187 g/mol. The molecule has 4 heteroatoms. The second-order valence-electron chi connectivity index (χ2n) is 3.03. The predicted octanol–water partition coefficient (Wildman–Crippen LogP) is 0.710. The van der Waals surface area contributed by atoms with Crippen LogP contribution in [0.25, 0.3) is 0 Å². The molecule has 0 bridgehead atoms. The highest BCUT2D eigenvalue weighted by Gasteiger charge is 2.24. The van der Waals surface area contributed by atoms with E-state index in [4.69, 9.17) is 0 Å². The van der Waals surface area contributed by atoms with E-state index in [2.05, 4.69) is 10.1 Å². The van der Waals surface area contributed by atoms with E-state index in [0.29, 0.717) is 6.42 Å². The van der Waals surface area contributed by atoms with Gasteiger partial charge in [0.1, 0.15) is 0 Å². The summed E-state index contributed by atoms with van der Waals surface area (Å²) in [4.78, 5) is 21.9. The van der Waals surface area contributed by atoms with Crippen LogP contribution in [0.5, 0.6) is 0 Å². The summed E-state index contributed by atoms with van der Waals surface area (Å²) in [5, 5.41) is 2.67. The monoisotopic (exact) mass is 187 g/mol. The number of carbonyl (C=O) groups excluding carboxylic acids is 2. The van der Waals surface area contributed by atoms with Gasteiger partial charge in [0.05, 0.1) is 13.0 Å². The lowest BCUT2D eigenvalue weighted by molar-refractivity contribution is -0.146. The first-order chi connectivity index (χ1) is 6.02. The predicted molar refractivity (Wildman–Crippen MR) is 49.1 cm³/mol. The molecule has 1 amide bonds. The molecule has 0 aliphatic heterocycles. The van der Waals surface area contributed by atoms with Gasteiger partial charge in [-0.3, -0.25) is 9.59 Å². The molecular weight excluding hydrogens is 170 g/mol. The van der Waals surface area contributed by atoms with Crippen molar-refractivity contribution >= 4 is 11.9 Å². The Morgan fingerprint density at radius 1 is 1.46 bits per heavy atom. The second-order valence-corrected chi connectivity index (χ2v) is 3.03. The van der Waals surface area contributed by atoms with E-state index in [1.54, 1.807) is 6.92 Å². The van der Waals surface area contributed by atoms with Gasteiger partial charge in [-0.1, -0.05) is 6.92 Å². The van der Waals surface area contributed by atoms with Gasteiger partial charge in [-0.2, -0.15) is 0 Å². The third-order valence-corrected chi connectivity index (χ3v) is 1.98. The second kappa shape index (κ2) is 5.56. The summed E-state index contributed by atoms with van der Waals surface area (Å²) in [6.07, 6.45) is 0.661. The highest BCUT2D eigenvalue weighted by atomic mass is 16.5. The lowest BCUT2D eigenvalue weighted by Crippen LogP contribution is -2.40. The van der Waals surface area contributed by atoms with Crippen LogP contribution in [-0.2, 0) is 14.3 Å². The summed E-state index contributed by atoms with van der Waals surface area (Å²) in [5.74, 6) is -0.660. The maximum absolute atomic E-state index is 11.2. The van der Waals surface area contributed by atoms with Crippen molar-refractivity contribution in [2.45, 2.75) is 33.2 Å². The van der Waals surface area contributed by atoms with Crippen molar-refractivity contribution < 1.29 is 14.3 Å². The maximum Gasteiger partial charge on any atom is 0.310 e. The van der Waals surface area contributed by atoms with Gasteiger partial charge in [0, 0.05) is 13.0 Å². The average Bonchev–Trinajstić information content (AvgIpc) is 2.03. The smallest absolute Gasteiger partial charge is 0.310 e. The van der Waals surface area contributed by atoms with E-state index in [-0.39, 0.29) is 23.8 Å². The molecule has 4 nitrogen and oxygen atoms in total. The summed E-state index contributed by atoms with van der Waals surface area (Å²) in [5.41, 5.74) is 0. The van der Waals surface area contributed by atoms with Crippen molar-refractivity contribution in [1.29, 1.82) is 0 Å². The van der Waals surface area contributed by atoms with E-state index in [1.165, 1.54) is 14.0 Å². The molecule has 13 heavy (non-hydrogen) atoms. The summed E-state index contributed by atoms with van der Waals surface area (Å²) in [6, 6.07) is -0.171. The molecule has 1 N–H and O–H groups in total. The van der Waals surface area contributed by atoms with Gasteiger partial charge >= 0.3 is 5.97 Å². The van der Waals surface area contributed by atoms with Crippen molar-refractivity contribution in [3.05, 3.63) is 0 Å². The van der Waals surface area contributed by atoms with Crippen molar-refractivity contribution in [3.8, 4) is 0 Å². The molecule has 2 atom stereocenters. The molecule has 0 saturated carbocycles. The first-order valence-corrected chi connectivity index (χ1v) is 4.37. The standard InChI is InChI=1S/C9H17NO3/c1-5-8(9(12)13-4)6(2)10-7(3)11/h6,8H,5H2,1-4H3,(H,10,11)/t6-,8-/m1/s1. The van der Waals surface area contributed by atoms with Crippen LogP contribution >= 0.6 is 0 Å². The Hall–Kier alpha value is -1.06. The molecule has 0 rings (SSSR count). The molecule has 0 aliphatic rings. The molecule has 0 fully saturated rings. The van der Waals surface area contributed by atoms with Gasteiger partial charge in [-0.05, 0) is 13.3 Å². The summed E-state index contributed by atoms with van der Waals surface area (Å²) >= 11 is 0. The fraction of sp³-hybridized carbons (Fsp3) is 0.778. The van der Waals surface area contributed by atoms with E-state index in [9.17, 15) is 9.59 Å². The molecule has 76 valence electrons. The number of carbonyl (C=O) groups is 2. The van der Waals surface area contributed by atoms with E-state index < -0.39 is 0 Å². The number of hydrogen-bond donors (Lipinski definition) is 1. The number of methoxy groups -OCH3 is 1. The number of rotatable bonds is 4. The Bertz CT molecular complexity index is 191. The lowest BCUT2D eigenvalue weighted by Gasteiger charge is -2.20. The van der Waals surface area contributed by atoms with Crippen LogP contribution in [0.15, 0.2) is 0 Å². The van der Waals surface area contributed by atoms with Crippen LogP contribution in [-0.4, -0.2) is 25.0 Å². The Kier molecular flexibility index (Phi) is 5.11. The molecular formula is C9H17NO3. The van der Waals surface area contributed by atoms with Gasteiger partial charge in [0.2, 0.25) is 5.91 Å². The zero-order valence-corrected chi connectivity index (χ0v) is 8.59. The van der Waals surface area contributed by atoms with Crippen LogP contribution in [0.3, 0.4) is 0 Å². The quantitative estimate of drug-likeness (QED) is 0.659. The molecule has 0 aliphatic carbocycles. The van der Waals surface area contributed by atoms with Crippen LogP contribution in [0.1, 0.15) is 27.2 Å². The molecule has 0 unspecified atom stereocenters. The SMILES string of the molecule is CC[C@@H](C(=O)OC)[C@@H](C)NC(C)=O. The summed E-state index contributed by atoms with van der Waals surface area (Å²) in [6.45, 7) is 5.12. The largest absolute Gasteiger partial charge is 0.469 e. The van der Waals surface area contributed by atoms with Crippen molar-refractivity contribution in [1.82, 2.24) is 5.32 Å². The first-order valence-electron chi connectivity index (χ1n) is 4.37. The minimum absolute atomic E-state index is 0.130. The molecule has 0 aromatic heterocycles. The first kappa shape index (κ1) is 11.9. The fourth-order valence-corrected chi connectivity index (χ4v) is 1.30. The highest BCUT2D eigenvalue weighted by molar-refractivity contribution is 5.76.